The van der Waals surface area contributed by atoms with Crippen LogP contribution in [0.25, 0.3) is 11.4 Å². The Balaban J connectivity index is 0.00000216. The first-order valence-electron chi connectivity index (χ1n) is 10.3. The lowest BCUT2D eigenvalue weighted by molar-refractivity contribution is 0.0950. The number of nitrogens with zero attached hydrogens (tertiary/aromatic N) is 3. The second-order valence-corrected chi connectivity index (χ2v) is 7.10. The number of H-pyrrole nitrogens is 1. The van der Waals surface area contributed by atoms with Crippen LogP contribution in [0, 0.1) is 0 Å². The summed E-state index contributed by atoms with van der Waals surface area (Å²) in [5.74, 6) is 2.40. The SMILES string of the molecule is COc1cccc(OC)c1CNC(=O)c1cccc(NCc2nc(-c3ccncc3)n[nH]2)c1.[HH].[HH].[HH]. The zero-order valence-corrected chi connectivity index (χ0v) is 18.3. The molecule has 4 aromatic rings. The number of anilines is 1. The van der Waals surface area contributed by atoms with Gasteiger partial charge in [-0.15, -0.1) is 0 Å². The molecule has 0 unspecified atom stereocenters. The molecule has 4 rings (SSSR count). The molecule has 0 aliphatic heterocycles. The van der Waals surface area contributed by atoms with E-state index in [2.05, 4.69) is 30.8 Å². The first-order valence-corrected chi connectivity index (χ1v) is 10.3. The maximum absolute atomic E-state index is 12.7. The van der Waals surface area contributed by atoms with E-state index in [0.29, 0.717) is 35.3 Å². The molecule has 0 atom stereocenters. The van der Waals surface area contributed by atoms with Crippen LogP contribution < -0.4 is 20.1 Å². The number of carbonyl (C=O) groups is 1. The number of hydrogen-bond donors (Lipinski definition) is 3. The lowest BCUT2D eigenvalue weighted by Gasteiger charge is -2.14. The van der Waals surface area contributed by atoms with Crippen LogP contribution in [0.4, 0.5) is 5.69 Å². The third kappa shape index (κ3) is 5.27. The van der Waals surface area contributed by atoms with Crippen molar-refractivity contribution in [2.24, 2.45) is 0 Å². The fourth-order valence-corrected chi connectivity index (χ4v) is 3.33. The molecule has 9 nitrogen and oxygen atoms in total. The molecule has 0 radical (unpaired) electrons. The average molecular weight is 451 g/mol. The maximum Gasteiger partial charge on any atom is 0.251 e. The van der Waals surface area contributed by atoms with Crippen molar-refractivity contribution >= 4 is 11.6 Å². The predicted molar refractivity (Wildman–Crippen MR) is 130 cm³/mol. The number of ether oxygens (including phenoxy) is 2. The van der Waals surface area contributed by atoms with E-state index in [1.165, 1.54) is 0 Å². The fourth-order valence-electron chi connectivity index (χ4n) is 3.33. The Morgan fingerprint density at radius 1 is 1.00 bits per heavy atom. The Morgan fingerprint density at radius 3 is 2.45 bits per heavy atom. The van der Waals surface area contributed by atoms with E-state index < -0.39 is 0 Å². The van der Waals surface area contributed by atoms with Crippen LogP contribution in [-0.4, -0.2) is 40.3 Å². The van der Waals surface area contributed by atoms with Crippen molar-refractivity contribution in [3.63, 3.8) is 0 Å². The molecular formula is C24H30N6O3. The number of aromatic nitrogens is 4. The second kappa shape index (κ2) is 10.3. The normalized spacial score (nSPS) is 10.5. The van der Waals surface area contributed by atoms with Crippen molar-refractivity contribution in [3.8, 4) is 22.9 Å². The molecule has 0 bridgehead atoms. The van der Waals surface area contributed by atoms with Gasteiger partial charge < -0.3 is 20.1 Å². The minimum atomic E-state index is -0.203. The Kier molecular flexibility index (Phi) is 6.79. The molecular weight excluding hydrogens is 420 g/mol. The average Bonchev–Trinajstić information content (AvgIpc) is 3.35. The molecule has 3 N–H and O–H groups in total. The molecule has 33 heavy (non-hydrogen) atoms. The smallest absolute Gasteiger partial charge is 0.251 e. The van der Waals surface area contributed by atoms with Gasteiger partial charge in [-0.2, -0.15) is 5.10 Å². The van der Waals surface area contributed by atoms with E-state index in [9.17, 15) is 4.79 Å². The van der Waals surface area contributed by atoms with E-state index in [-0.39, 0.29) is 16.7 Å². The summed E-state index contributed by atoms with van der Waals surface area (Å²) >= 11 is 0. The van der Waals surface area contributed by atoms with Gasteiger partial charge in [0, 0.05) is 33.5 Å². The van der Waals surface area contributed by atoms with Gasteiger partial charge in [-0.3, -0.25) is 14.9 Å². The number of nitrogens with one attached hydrogen (secondary N) is 3. The van der Waals surface area contributed by atoms with Gasteiger partial charge in [0.15, 0.2) is 5.82 Å². The van der Waals surface area contributed by atoms with E-state index in [1.54, 1.807) is 38.7 Å². The number of amides is 1. The van der Waals surface area contributed by atoms with Gasteiger partial charge in [-0.1, -0.05) is 12.1 Å². The van der Waals surface area contributed by atoms with E-state index in [1.807, 2.05) is 42.5 Å². The van der Waals surface area contributed by atoms with E-state index in [0.717, 1.165) is 16.8 Å². The zero-order chi connectivity index (χ0) is 23.0. The molecule has 0 saturated heterocycles. The molecule has 0 saturated carbocycles. The minimum absolute atomic E-state index is 0. The number of aromatic amines is 1. The largest absolute Gasteiger partial charge is 0.496 e. The molecule has 2 heterocycles. The molecule has 2 aromatic carbocycles. The lowest BCUT2D eigenvalue weighted by Crippen LogP contribution is -2.23. The van der Waals surface area contributed by atoms with Gasteiger partial charge >= 0.3 is 0 Å². The molecule has 0 fully saturated rings. The van der Waals surface area contributed by atoms with Gasteiger partial charge in [0.2, 0.25) is 0 Å². The molecule has 1 amide bonds. The Labute approximate surface area is 195 Å². The lowest BCUT2D eigenvalue weighted by atomic mass is 10.1. The van der Waals surface area contributed by atoms with Crippen LogP contribution in [0.5, 0.6) is 11.5 Å². The van der Waals surface area contributed by atoms with Gasteiger partial charge in [0.05, 0.1) is 32.9 Å². The van der Waals surface area contributed by atoms with Gasteiger partial charge in [-0.25, -0.2) is 4.98 Å². The van der Waals surface area contributed by atoms with Crippen molar-refractivity contribution in [3.05, 3.63) is 83.9 Å². The van der Waals surface area contributed by atoms with Crippen molar-refractivity contribution in [1.82, 2.24) is 25.5 Å². The highest BCUT2D eigenvalue weighted by atomic mass is 16.5. The van der Waals surface area contributed by atoms with Crippen LogP contribution >= 0.6 is 0 Å². The fraction of sp³-hybridized carbons (Fsp3) is 0.167. The number of carbonyl (C=O) groups excluding carboxylic acids is 1. The monoisotopic (exact) mass is 450 g/mol. The summed E-state index contributed by atoms with van der Waals surface area (Å²) < 4.78 is 10.8. The Morgan fingerprint density at radius 2 is 1.73 bits per heavy atom. The highest BCUT2D eigenvalue weighted by molar-refractivity contribution is 5.95. The van der Waals surface area contributed by atoms with Crippen LogP contribution in [0.2, 0.25) is 0 Å². The van der Waals surface area contributed by atoms with Crippen molar-refractivity contribution in [1.29, 1.82) is 0 Å². The molecule has 2 aromatic heterocycles. The van der Waals surface area contributed by atoms with Gasteiger partial charge in [-0.05, 0) is 42.5 Å². The number of hydrogen-bond acceptors (Lipinski definition) is 7. The Bertz CT molecular complexity index is 1220. The highest BCUT2D eigenvalue weighted by Crippen LogP contribution is 2.28. The number of benzene rings is 2. The second-order valence-electron chi connectivity index (χ2n) is 7.10. The van der Waals surface area contributed by atoms with Crippen LogP contribution in [0.3, 0.4) is 0 Å². The summed E-state index contributed by atoms with van der Waals surface area (Å²) in [6.07, 6.45) is 3.40. The van der Waals surface area contributed by atoms with Gasteiger partial charge in [0.25, 0.3) is 5.91 Å². The summed E-state index contributed by atoms with van der Waals surface area (Å²) in [7, 11) is 3.17. The summed E-state index contributed by atoms with van der Waals surface area (Å²) in [5.41, 5.74) is 2.99. The summed E-state index contributed by atoms with van der Waals surface area (Å²) in [6, 6.07) is 16.5. The third-order valence-corrected chi connectivity index (χ3v) is 5.01. The zero-order valence-electron chi connectivity index (χ0n) is 18.3. The standard InChI is InChI=1S/C24H24N6O3.3H2/c1-32-20-7-4-8-21(33-2)19(20)14-27-24(31)17-5-3-6-18(13-17)26-15-22-28-23(30-29-22)16-9-11-25-12-10-16;;;/h3-13,26H,14-15H2,1-2H3,(H,27,31)(H,28,29,30);3*1H. The molecule has 0 aliphatic carbocycles. The number of methoxy groups -OCH3 is 2. The molecule has 0 aliphatic rings. The highest BCUT2D eigenvalue weighted by Gasteiger charge is 2.13. The predicted octanol–water partition coefficient (Wildman–Crippen LogP) is 4.16. The Hall–Kier alpha value is -4.40. The number of pyridine rings is 1. The van der Waals surface area contributed by atoms with Crippen molar-refractivity contribution in [2.45, 2.75) is 13.1 Å². The first kappa shape index (κ1) is 21.8. The maximum atomic E-state index is 12.7. The topological polar surface area (TPSA) is 114 Å². The van der Waals surface area contributed by atoms with E-state index in [4.69, 9.17) is 9.47 Å². The quantitative estimate of drug-likeness (QED) is 0.351. The van der Waals surface area contributed by atoms with Crippen molar-refractivity contribution in [2.75, 3.05) is 19.5 Å². The summed E-state index contributed by atoms with van der Waals surface area (Å²) in [5, 5.41) is 13.4. The van der Waals surface area contributed by atoms with Gasteiger partial charge in [0.1, 0.15) is 17.3 Å². The molecule has 0 spiro atoms. The van der Waals surface area contributed by atoms with Crippen LogP contribution in [-0.2, 0) is 13.1 Å². The number of rotatable bonds is 9. The van der Waals surface area contributed by atoms with E-state index >= 15 is 0 Å². The van der Waals surface area contributed by atoms with Crippen molar-refractivity contribution < 1.29 is 18.5 Å². The first-order chi connectivity index (χ1) is 16.2. The summed E-state index contributed by atoms with van der Waals surface area (Å²) in [6.45, 7) is 0.709. The molecule has 9 heteroatoms. The van der Waals surface area contributed by atoms with Crippen LogP contribution in [0.15, 0.2) is 67.0 Å². The van der Waals surface area contributed by atoms with Crippen LogP contribution in [0.1, 0.15) is 26.0 Å². The third-order valence-electron chi connectivity index (χ3n) is 5.01. The summed E-state index contributed by atoms with van der Waals surface area (Å²) in [4.78, 5) is 21.2. The minimum Gasteiger partial charge on any atom is -0.496 e. The molecule has 174 valence electrons.